The molecule has 0 radical (unpaired) electrons. The molecule has 4 rings (SSSR count). The highest BCUT2D eigenvalue weighted by atomic mass is 79.9. The number of thioether (sulfide) groups is 1. The number of benzene rings is 2. The van der Waals surface area contributed by atoms with E-state index in [0.29, 0.717) is 5.75 Å². The Morgan fingerprint density at radius 3 is 2.63 bits per heavy atom. The monoisotopic (exact) mass is 442 g/mol. The molecule has 2 aromatic carbocycles. The van der Waals surface area contributed by atoms with Gasteiger partial charge in [-0.15, -0.1) is 10.2 Å². The number of rotatable bonds is 5. The van der Waals surface area contributed by atoms with E-state index in [0.717, 1.165) is 32.2 Å². The van der Waals surface area contributed by atoms with Gasteiger partial charge in [0.15, 0.2) is 11.0 Å². The van der Waals surface area contributed by atoms with Gasteiger partial charge in [0.25, 0.3) is 0 Å². The van der Waals surface area contributed by atoms with Gasteiger partial charge in [-0.05, 0) is 61.9 Å². The Morgan fingerprint density at radius 1 is 1.11 bits per heavy atom. The SMILES string of the molecule is Cc1[nH]c2ccc(-c3nnc(SCCO)n3-c3ccc(Br)cc3)cc2c1C. The van der Waals surface area contributed by atoms with Crippen molar-refractivity contribution in [1.29, 1.82) is 0 Å². The summed E-state index contributed by atoms with van der Waals surface area (Å²) in [6.07, 6.45) is 0. The number of nitrogens with zero attached hydrogens (tertiary/aromatic N) is 3. The molecule has 2 N–H and O–H groups in total. The number of H-pyrrole nitrogens is 1. The number of hydrogen-bond acceptors (Lipinski definition) is 4. The highest BCUT2D eigenvalue weighted by molar-refractivity contribution is 9.10. The molecule has 138 valence electrons. The fraction of sp³-hybridized carbons (Fsp3) is 0.200. The van der Waals surface area contributed by atoms with Crippen molar-refractivity contribution < 1.29 is 5.11 Å². The molecule has 0 saturated heterocycles. The maximum Gasteiger partial charge on any atom is 0.196 e. The number of nitrogens with one attached hydrogen (secondary N) is 1. The third kappa shape index (κ3) is 3.42. The molecule has 27 heavy (non-hydrogen) atoms. The van der Waals surface area contributed by atoms with E-state index in [9.17, 15) is 5.11 Å². The molecule has 0 unspecified atom stereocenters. The number of aromatic nitrogens is 4. The van der Waals surface area contributed by atoms with Crippen LogP contribution in [0.25, 0.3) is 28.0 Å². The number of halogens is 1. The van der Waals surface area contributed by atoms with Crippen molar-refractivity contribution in [2.75, 3.05) is 12.4 Å². The molecule has 0 fully saturated rings. The van der Waals surface area contributed by atoms with Crippen LogP contribution in [-0.4, -0.2) is 37.2 Å². The maximum absolute atomic E-state index is 9.21. The second-order valence-electron chi connectivity index (χ2n) is 6.33. The molecule has 0 aliphatic heterocycles. The minimum atomic E-state index is 0.0982. The van der Waals surface area contributed by atoms with Crippen molar-refractivity contribution in [3.63, 3.8) is 0 Å². The van der Waals surface area contributed by atoms with Gasteiger partial charge in [0.1, 0.15) is 0 Å². The second-order valence-corrected chi connectivity index (χ2v) is 8.30. The number of aryl methyl sites for hydroxylation is 2. The lowest BCUT2D eigenvalue weighted by Crippen LogP contribution is -2.00. The summed E-state index contributed by atoms with van der Waals surface area (Å²) in [5.74, 6) is 1.36. The molecule has 0 saturated carbocycles. The average molecular weight is 443 g/mol. The summed E-state index contributed by atoms with van der Waals surface area (Å²) in [6, 6.07) is 14.4. The molecular weight excluding hydrogens is 424 g/mol. The summed E-state index contributed by atoms with van der Waals surface area (Å²) in [5, 5.41) is 20.0. The van der Waals surface area contributed by atoms with Crippen LogP contribution in [0.1, 0.15) is 11.3 Å². The lowest BCUT2D eigenvalue weighted by molar-refractivity contribution is 0.322. The van der Waals surface area contributed by atoms with Crippen LogP contribution in [0.15, 0.2) is 52.1 Å². The first-order chi connectivity index (χ1) is 13.1. The summed E-state index contributed by atoms with van der Waals surface area (Å²) in [4.78, 5) is 3.41. The summed E-state index contributed by atoms with van der Waals surface area (Å²) in [5.41, 5.74) is 5.54. The Hall–Kier alpha value is -2.09. The minimum absolute atomic E-state index is 0.0982. The van der Waals surface area contributed by atoms with Crippen LogP contribution in [0.2, 0.25) is 0 Å². The van der Waals surface area contributed by atoms with E-state index in [2.05, 4.69) is 63.2 Å². The van der Waals surface area contributed by atoms with Gasteiger partial charge >= 0.3 is 0 Å². The Bertz CT molecular complexity index is 1100. The van der Waals surface area contributed by atoms with Crippen LogP contribution >= 0.6 is 27.7 Å². The number of aliphatic hydroxyl groups excluding tert-OH is 1. The Balaban J connectivity index is 1.88. The van der Waals surface area contributed by atoms with Gasteiger partial charge in [0.05, 0.1) is 6.61 Å². The molecule has 0 amide bonds. The zero-order valence-electron chi connectivity index (χ0n) is 15.0. The third-order valence-corrected chi connectivity index (χ3v) is 6.04. The minimum Gasteiger partial charge on any atom is -0.396 e. The van der Waals surface area contributed by atoms with Crippen LogP contribution in [-0.2, 0) is 0 Å². The van der Waals surface area contributed by atoms with E-state index in [1.54, 1.807) is 0 Å². The van der Waals surface area contributed by atoms with Crippen LogP contribution in [0.5, 0.6) is 0 Å². The van der Waals surface area contributed by atoms with Crippen molar-refractivity contribution in [3.05, 3.63) is 58.2 Å². The van der Waals surface area contributed by atoms with Gasteiger partial charge in [0.2, 0.25) is 0 Å². The van der Waals surface area contributed by atoms with E-state index in [-0.39, 0.29) is 6.61 Å². The summed E-state index contributed by atoms with van der Waals surface area (Å²) < 4.78 is 3.06. The van der Waals surface area contributed by atoms with Gasteiger partial charge in [0, 0.05) is 38.1 Å². The fourth-order valence-corrected chi connectivity index (χ4v) is 4.07. The third-order valence-electron chi connectivity index (χ3n) is 4.61. The number of fused-ring (bicyclic) bond motifs is 1. The molecule has 2 aromatic heterocycles. The topological polar surface area (TPSA) is 66.7 Å². The van der Waals surface area contributed by atoms with Crippen LogP contribution in [0.3, 0.4) is 0 Å². The largest absolute Gasteiger partial charge is 0.396 e. The standard InChI is InChI=1S/C20H19BrN4OS/c1-12-13(2)22-18-8-3-14(11-17(12)18)19-23-24-20(27-10-9-26)25(19)16-6-4-15(21)5-7-16/h3-8,11,22,26H,9-10H2,1-2H3. The van der Waals surface area contributed by atoms with Crippen molar-refractivity contribution in [2.24, 2.45) is 0 Å². The number of aromatic amines is 1. The lowest BCUT2D eigenvalue weighted by atomic mass is 10.1. The highest BCUT2D eigenvalue weighted by Crippen LogP contribution is 2.31. The van der Waals surface area contributed by atoms with Gasteiger partial charge < -0.3 is 10.1 Å². The molecular formula is C20H19BrN4OS. The van der Waals surface area contributed by atoms with Crippen molar-refractivity contribution in [2.45, 2.75) is 19.0 Å². The van der Waals surface area contributed by atoms with Crippen molar-refractivity contribution in [1.82, 2.24) is 19.7 Å². The van der Waals surface area contributed by atoms with E-state index < -0.39 is 0 Å². The van der Waals surface area contributed by atoms with Gasteiger partial charge in [-0.2, -0.15) is 0 Å². The smallest absolute Gasteiger partial charge is 0.196 e. The van der Waals surface area contributed by atoms with Crippen LogP contribution < -0.4 is 0 Å². The molecule has 0 spiro atoms. The average Bonchev–Trinajstić information content (AvgIpc) is 3.22. The Morgan fingerprint density at radius 2 is 1.89 bits per heavy atom. The van der Waals surface area contributed by atoms with Crippen molar-refractivity contribution in [3.8, 4) is 17.1 Å². The van der Waals surface area contributed by atoms with E-state index in [4.69, 9.17) is 0 Å². The fourth-order valence-electron chi connectivity index (χ4n) is 3.11. The Kier molecular flexibility index (Phi) is 5.08. The van der Waals surface area contributed by atoms with E-state index in [1.165, 1.54) is 28.4 Å². The summed E-state index contributed by atoms with van der Waals surface area (Å²) >= 11 is 4.98. The molecule has 0 atom stereocenters. The zero-order valence-corrected chi connectivity index (χ0v) is 17.4. The van der Waals surface area contributed by atoms with Crippen LogP contribution in [0, 0.1) is 13.8 Å². The first kappa shape index (κ1) is 18.3. The normalized spacial score (nSPS) is 11.4. The zero-order chi connectivity index (χ0) is 19.0. The number of aliphatic hydroxyl groups is 1. The van der Waals surface area contributed by atoms with Gasteiger partial charge in [-0.3, -0.25) is 4.57 Å². The first-order valence-electron chi connectivity index (χ1n) is 8.63. The molecule has 5 nitrogen and oxygen atoms in total. The van der Waals surface area contributed by atoms with Gasteiger partial charge in [-0.1, -0.05) is 27.7 Å². The molecule has 7 heteroatoms. The van der Waals surface area contributed by atoms with E-state index >= 15 is 0 Å². The predicted octanol–water partition coefficient (Wildman–Crippen LogP) is 4.88. The maximum atomic E-state index is 9.21. The molecule has 0 aliphatic rings. The summed E-state index contributed by atoms with van der Waals surface area (Å²) in [6.45, 7) is 4.31. The highest BCUT2D eigenvalue weighted by Gasteiger charge is 2.17. The molecule has 2 heterocycles. The molecule has 0 aliphatic carbocycles. The Labute approximate surface area is 170 Å². The lowest BCUT2D eigenvalue weighted by Gasteiger charge is -2.10. The summed E-state index contributed by atoms with van der Waals surface area (Å²) in [7, 11) is 0. The van der Waals surface area contributed by atoms with Gasteiger partial charge in [-0.25, -0.2) is 0 Å². The predicted molar refractivity (Wildman–Crippen MR) is 114 cm³/mol. The quantitative estimate of drug-likeness (QED) is 0.432. The van der Waals surface area contributed by atoms with Crippen molar-refractivity contribution >= 4 is 38.6 Å². The van der Waals surface area contributed by atoms with Crippen LogP contribution in [0.4, 0.5) is 0 Å². The molecule has 4 aromatic rings. The number of hydrogen-bond donors (Lipinski definition) is 2. The second kappa shape index (κ2) is 7.50. The molecule has 0 bridgehead atoms. The van der Waals surface area contributed by atoms with E-state index in [1.807, 2.05) is 28.8 Å². The first-order valence-corrected chi connectivity index (χ1v) is 10.4.